The van der Waals surface area contributed by atoms with Gasteiger partial charge in [0.2, 0.25) is 0 Å². The average molecular weight is 225 g/mol. The van der Waals surface area contributed by atoms with Crippen LogP contribution in [0.4, 0.5) is 11.4 Å². The summed E-state index contributed by atoms with van der Waals surface area (Å²) in [5.41, 5.74) is 1.89. The van der Waals surface area contributed by atoms with Crippen LogP contribution in [0.15, 0.2) is 66.7 Å². The van der Waals surface area contributed by atoms with E-state index in [4.69, 9.17) is 4.74 Å². The molecule has 0 saturated carbocycles. The molecule has 0 bridgehead atoms. The SMILES string of the molecule is OC1=CN(c2ccccc2)c2ccccc2O1. The number of nitrogens with zero attached hydrogens (tertiary/aromatic N) is 1. The van der Waals surface area contributed by atoms with Gasteiger partial charge in [0.1, 0.15) is 0 Å². The molecule has 84 valence electrons. The fourth-order valence-electron chi connectivity index (χ4n) is 1.86. The molecule has 0 spiro atoms. The first kappa shape index (κ1) is 9.78. The second-order valence-electron chi connectivity index (χ2n) is 3.74. The molecule has 2 aromatic carbocycles. The standard InChI is InChI=1S/C14H11NO2/c16-14-10-15(11-6-2-1-3-7-11)12-8-4-5-9-13(12)17-14/h1-10,16H. The maximum Gasteiger partial charge on any atom is 0.299 e. The van der Waals surface area contributed by atoms with Crippen LogP contribution in [0.25, 0.3) is 0 Å². The molecule has 0 atom stereocenters. The van der Waals surface area contributed by atoms with E-state index in [1.165, 1.54) is 0 Å². The Morgan fingerprint density at radius 3 is 2.41 bits per heavy atom. The number of ether oxygens (including phenoxy) is 1. The summed E-state index contributed by atoms with van der Waals surface area (Å²) in [7, 11) is 0. The summed E-state index contributed by atoms with van der Waals surface area (Å²) in [4.78, 5) is 1.90. The van der Waals surface area contributed by atoms with Crippen LogP contribution in [0.1, 0.15) is 0 Å². The highest BCUT2D eigenvalue weighted by molar-refractivity contribution is 5.72. The molecule has 17 heavy (non-hydrogen) atoms. The summed E-state index contributed by atoms with van der Waals surface area (Å²) in [6.07, 6.45) is 1.57. The lowest BCUT2D eigenvalue weighted by Crippen LogP contribution is -2.17. The Morgan fingerprint density at radius 2 is 1.59 bits per heavy atom. The molecule has 3 nitrogen and oxygen atoms in total. The van der Waals surface area contributed by atoms with Gasteiger partial charge in [0, 0.05) is 5.69 Å². The molecule has 1 N–H and O–H groups in total. The van der Waals surface area contributed by atoms with Gasteiger partial charge in [-0.1, -0.05) is 30.3 Å². The first-order valence-corrected chi connectivity index (χ1v) is 5.36. The zero-order chi connectivity index (χ0) is 11.7. The number of aliphatic hydroxyl groups excluding tert-OH is 1. The maximum absolute atomic E-state index is 9.58. The largest absolute Gasteiger partial charge is 0.480 e. The van der Waals surface area contributed by atoms with Crippen LogP contribution in [0.2, 0.25) is 0 Å². The predicted molar refractivity (Wildman–Crippen MR) is 66.4 cm³/mol. The van der Waals surface area contributed by atoms with Crippen molar-refractivity contribution >= 4 is 11.4 Å². The van der Waals surface area contributed by atoms with Gasteiger partial charge in [-0.3, -0.25) is 0 Å². The minimum atomic E-state index is -0.104. The van der Waals surface area contributed by atoms with Gasteiger partial charge in [-0.15, -0.1) is 0 Å². The lowest BCUT2D eigenvalue weighted by molar-refractivity contribution is 0.204. The Morgan fingerprint density at radius 1 is 0.882 bits per heavy atom. The van der Waals surface area contributed by atoms with E-state index in [9.17, 15) is 5.11 Å². The third-order valence-corrected chi connectivity index (χ3v) is 2.61. The van der Waals surface area contributed by atoms with Crippen LogP contribution >= 0.6 is 0 Å². The molecule has 0 saturated heterocycles. The van der Waals surface area contributed by atoms with Crippen LogP contribution in [0.5, 0.6) is 5.75 Å². The third-order valence-electron chi connectivity index (χ3n) is 2.61. The predicted octanol–water partition coefficient (Wildman–Crippen LogP) is 3.57. The Balaban J connectivity index is 2.12. The number of hydrogen-bond donors (Lipinski definition) is 1. The Hall–Kier alpha value is -2.42. The Kier molecular flexibility index (Phi) is 2.22. The van der Waals surface area contributed by atoms with E-state index in [0.29, 0.717) is 5.75 Å². The van der Waals surface area contributed by atoms with Gasteiger partial charge in [-0.25, -0.2) is 0 Å². The van der Waals surface area contributed by atoms with Crippen molar-refractivity contribution < 1.29 is 9.84 Å². The van der Waals surface area contributed by atoms with E-state index in [2.05, 4.69) is 0 Å². The van der Waals surface area contributed by atoms with Gasteiger partial charge in [0.25, 0.3) is 5.95 Å². The summed E-state index contributed by atoms with van der Waals surface area (Å²) in [6, 6.07) is 17.4. The van der Waals surface area contributed by atoms with Crippen molar-refractivity contribution in [1.29, 1.82) is 0 Å². The van der Waals surface area contributed by atoms with E-state index >= 15 is 0 Å². The second kappa shape index (κ2) is 3.87. The Bertz CT molecular complexity index is 563. The second-order valence-corrected chi connectivity index (χ2v) is 3.74. The van der Waals surface area contributed by atoms with Crippen LogP contribution < -0.4 is 9.64 Å². The molecule has 3 heteroatoms. The van der Waals surface area contributed by atoms with E-state index in [-0.39, 0.29) is 5.95 Å². The van der Waals surface area contributed by atoms with Gasteiger partial charge in [0.05, 0.1) is 11.9 Å². The summed E-state index contributed by atoms with van der Waals surface area (Å²) in [5.74, 6) is 0.545. The van der Waals surface area contributed by atoms with Gasteiger partial charge >= 0.3 is 0 Å². The Labute approximate surface area is 99.2 Å². The summed E-state index contributed by atoms with van der Waals surface area (Å²) < 4.78 is 5.26. The van der Waals surface area contributed by atoms with E-state index in [1.807, 2.05) is 59.5 Å². The number of benzene rings is 2. The topological polar surface area (TPSA) is 32.7 Å². The first-order chi connectivity index (χ1) is 8.34. The van der Waals surface area contributed by atoms with E-state index in [0.717, 1.165) is 11.4 Å². The molecule has 0 aliphatic carbocycles. The fraction of sp³-hybridized carbons (Fsp3) is 0. The summed E-state index contributed by atoms with van der Waals surface area (Å²) in [6.45, 7) is 0. The monoisotopic (exact) mass is 225 g/mol. The molecule has 0 radical (unpaired) electrons. The minimum absolute atomic E-state index is 0.104. The highest BCUT2D eigenvalue weighted by atomic mass is 16.6. The number of anilines is 2. The molecule has 1 aliphatic heterocycles. The van der Waals surface area contributed by atoms with Crippen molar-refractivity contribution in [2.24, 2.45) is 0 Å². The first-order valence-electron chi connectivity index (χ1n) is 5.36. The number of rotatable bonds is 1. The van der Waals surface area contributed by atoms with Crippen molar-refractivity contribution in [2.45, 2.75) is 0 Å². The minimum Gasteiger partial charge on any atom is -0.480 e. The molecule has 2 aromatic rings. The van der Waals surface area contributed by atoms with Crippen molar-refractivity contribution in [3.63, 3.8) is 0 Å². The summed E-state index contributed by atoms with van der Waals surface area (Å²) >= 11 is 0. The molecular formula is C14H11NO2. The number of aliphatic hydroxyl groups is 1. The van der Waals surface area contributed by atoms with Gasteiger partial charge < -0.3 is 14.7 Å². The van der Waals surface area contributed by atoms with Crippen LogP contribution in [0.3, 0.4) is 0 Å². The number of para-hydroxylation sites is 3. The molecule has 0 aromatic heterocycles. The highest BCUT2D eigenvalue weighted by Gasteiger charge is 2.19. The quantitative estimate of drug-likeness (QED) is 0.805. The highest BCUT2D eigenvalue weighted by Crippen LogP contribution is 2.37. The van der Waals surface area contributed by atoms with E-state index < -0.39 is 0 Å². The van der Waals surface area contributed by atoms with Gasteiger partial charge in [0.15, 0.2) is 5.75 Å². The average Bonchev–Trinajstić information content (AvgIpc) is 2.39. The van der Waals surface area contributed by atoms with E-state index in [1.54, 1.807) is 6.20 Å². The maximum atomic E-state index is 9.58. The molecule has 0 fully saturated rings. The lowest BCUT2D eigenvalue weighted by Gasteiger charge is -2.26. The van der Waals surface area contributed by atoms with Crippen molar-refractivity contribution in [1.82, 2.24) is 0 Å². The molecular weight excluding hydrogens is 214 g/mol. The lowest BCUT2D eigenvalue weighted by atomic mass is 10.2. The van der Waals surface area contributed by atoms with Crippen LogP contribution in [-0.2, 0) is 0 Å². The number of hydrogen-bond acceptors (Lipinski definition) is 3. The van der Waals surface area contributed by atoms with Crippen LogP contribution in [-0.4, -0.2) is 5.11 Å². The van der Waals surface area contributed by atoms with Gasteiger partial charge in [-0.2, -0.15) is 0 Å². The zero-order valence-corrected chi connectivity index (χ0v) is 9.08. The smallest absolute Gasteiger partial charge is 0.299 e. The zero-order valence-electron chi connectivity index (χ0n) is 9.08. The molecule has 3 rings (SSSR count). The van der Waals surface area contributed by atoms with Crippen molar-refractivity contribution in [3.05, 3.63) is 66.7 Å². The molecule has 0 amide bonds. The van der Waals surface area contributed by atoms with Gasteiger partial charge in [-0.05, 0) is 24.3 Å². The fourth-order valence-corrected chi connectivity index (χ4v) is 1.86. The van der Waals surface area contributed by atoms with Crippen molar-refractivity contribution in [3.8, 4) is 5.75 Å². The molecule has 1 aliphatic rings. The normalized spacial score (nSPS) is 13.6. The number of fused-ring (bicyclic) bond motifs is 1. The molecule has 0 unspecified atom stereocenters. The summed E-state index contributed by atoms with van der Waals surface area (Å²) in [5, 5.41) is 9.58. The molecule has 1 heterocycles. The van der Waals surface area contributed by atoms with Crippen LogP contribution in [0, 0.1) is 0 Å². The van der Waals surface area contributed by atoms with Crippen molar-refractivity contribution in [2.75, 3.05) is 4.90 Å². The third kappa shape index (κ3) is 1.72.